The van der Waals surface area contributed by atoms with Crippen LogP contribution in [0.2, 0.25) is 5.02 Å². The zero-order valence-corrected chi connectivity index (χ0v) is 20.4. The van der Waals surface area contributed by atoms with E-state index in [1.807, 2.05) is 74.8 Å². The Labute approximate surface area is 208 Å². The lowest BCUT2D eigenvalue weighted by atomic mass is 10.1. The average Bonchev–Trinajstić information content (AvgIpc) is 3.11. The summed E-state index contributed by atoms with van der Waals surface area (Å²) in [7, 11) is 0. The van der Waals surface area contributed by atoms with Crippen LogP contribution in [0.1, 0.15) is 22.5 Å². The van der Waals surface area contributed by atoms with E-state index in [9.17, 15) is 9.50 Å². The molecular formula is C27H24ClFN3OS+. The number of nitrogens with zero attached hydrogens (tertiary/aromatic N) is 2. The average molecular weight is 493 g/mol. The van der Waals surface area contributed by atoms with Crippen molar-refractivity contribution >= 4 is 46.0 Å². The molecule has 0 unspecified atom stereocenters. The predicted octanol–water partition coefficient (Wildman–Crippen LogP) is 6.56. The van der Waals surface area contributed by atoms with Gasteiger partial charge in [-0.3, -0.25) is 0 Å². The summed E-state index contributed by atoms with van der Waals surface area (Å²) in [4.78, 5) is 0.302. The number of benzene rings is 2. The highest BCUT2D eigenvalue weighted by Crippen LogP contribution is 2.27. The molecule has 4 aromatic rings. The number of hydrogen-bond acceptors (Lipinski definition) is 2. The minimum absolute atomic E-state index is 0.0364. The number of aliphatic hydroxyl groups excluding tert-OH is 1. The monoisotopic (exact) mass is 492 g/mol. The number of nitrogens with one attached hydrogen (secondary N) is 1. The van der Waals surface area contributed by atoms with E-state index in [1.165, 1.54) is 12.1 Å². The van der Waals surface area contributed by atoms with Gasteiger partial charge in [-0.1, -0.05) is 48.1 Å². The molecule has 2 N–H and O–H groups in total. The number of aliphatic hydroxyl groups is 1. The summed E-state index contributed by atoms with van der Waals surface area (Å²) in [5.41, 5.74) is 4.56. The molecule has 0 radical (unpaired) electrons. The maximum absolute atomic E-state index is 13.3. The smallest absolute Gasteiger partial charge is 0.288 e. The van der Waals surface area contributed by atoms with Crippen LogP contribution in [0.15, 0.2) is 85.2 Å². The number of thiocarbonyl (C=S) groups is 1. The fraction of sp³-hybridized carbons (Fsp3) is 0.111. The molecule has 0 atom stereocenters. The Hall–Kier alpha value is -3.48. The van der Waals surface area contributed by atoms with Crippen molar-refractivity contribution in [2.75, 3.05) is 5.32 Å². The first-order chi connectivity index (χ1) is 16.3. The zero-order chi connectivity index (χ0) is 24.2. The Kier molecular flexibility index (Phi) is 7.10. The summed E-state index contributed by atoms with van der Waals surface area (Å²) in [6, 6.07) is 21.2. The summed E-state index contributed by atoms with van der Waals surface area (Å²) in [5.74, 6) is -0.298. The van der Waals surface area contributed by atoms with Crippen LogP contribution in [-0.2, 0) is 6.54 Å². The summed E-state index contributed by atoms with van der Waals surface area (Å²) in [5, 5.41) is 15.3. The largest absolute Gasteiger partial charge is 0.502 e. The molecular weight excluding hydrogens is 469 g/mol. The van der Waals surface area contributed by atoms with Gasteiger partial charge in [-0.05, 0) is 55.8 Å². The van der Waals surface area contributed by atoms with Gasteiger partial charge >= 0.3 is 0 Å². The molecule has 172 valence electrons. The van der Waals surface area contributed by atoms with Crippen LogP contribution in [0.5, 0.6) is 0 Å². The molecule has 0 aliphatic heterocycles. The molecule has 0 bridgehead atoms. The lowest BCUT2D eigenvalue weighted by Gasteiger charge is -2.12. The Balaban J connectivity index is 1.77. The van der Waals surface area contributed by atoms with Crippen molar-refractivity contribution in [3.05, 3.63) is 119 Å². The maximum atomic E-state index is 13.3. The van der Waals surface area contributed by atoms with Gasteiger partial charge < -0.3 is 15.0 Å². The van der Waals surface area contributed by atoms with Gasteiger partial charge in [0.1, 0.15) is 5.82 Å². The molecule has 0 aliphatic rings. The van der Waals surface area contributed by atoms with E-state index in [4.69, 9.17) is 23.8 Å². The Morgan fingerprint density at radius 1 is 1.03 bits per heavy atom. The van der Waals surface area contributed by atoms with Gasteiger partial charge in [-0.2, -0.15) is 4.57 Å². The number of pyridine rings is 1. The van der Waals surface area contributed by atoms with Crippen molar-refractivity contribution in [1.29, 1.82) is 0 Å². The van der Waals surface area contributed by atoms with Gasteiger partial charge in [0.25, 0.3) is 5.70 Å². The molecule has 0 aliphatic carbocycles. The van der Waals surface area contributed by atoms with Gasteiger partial charge in [0.05, 0.1) is 0 Å². The van der Waals surface area contributed by atoms with Crippen LogP contribution in [0.3, 0.4) is 0 Å². The van der Waals surface area contributed by atoms with Gasteiger partial charge in [0, 0.05) is 46.3 Å². The van der Waals surface area contributed by atoms with E-state index in [0.29, 0.717) is 33.5 Å². The molecule has 0 spiro atoms. The van der Waals surface area contributed by atoms with Crippen molar-refractivity contribution in [1.82, 2.24) is 4.57 Å². The van der Waals surface area contributed by atoms with E-state index in [-0.39, 0.29) is 11.6 Å². The minimum Gasteiger partial charge on any atom is -0.502 e. The quantitative estimate of drug-likeness (QED) is 0.139. The van der Waals surface area contributed by atoms with E-state index in [1.54, 1.807) is 16.7 Å². The fourth-order valence-corrected chi connectivity index (χ4v) is 4.34. The molecule has 34 heavy (non-hydrogen) atoms. The molecule has 2 heterocycles. The van der Waals surface area contributed by atoms with Crippen LogP contribution >= 0.6 is 23.8 Å². The number of rotatable bonds is 6. The minimum atomic E-state index is -0.335. The van der Waals surface area contributed by atoms with E-state index >= 15 is 0 Å². The molecule has 4 nitrogen and oxygen atoms in total. The van der Waals surface area contributed by atoms with Crippen LogP contribution in [0, 0.1) is 19.7 Å². The molecule has 0 amide bonds. The highest BCUT2D eigenvalue weighted by molar-refractivity contribution is 7.81. The van der Waals surface area contributed by atoms with E-state index in [2.05, 4.69) is 9.88 Å². The van der Waals surface area contributed by atoms with Crippen molar-refractivity contribution in [2.45, 2.75) is 20.4 Å². The first-order valence-electron chi connectivity index (χ1n) is 10.7. The maximum Gasteiger partial charge on any atom is 0.288 e. The molecule has 4 rings (SSSR count). The normalized spacial score (nSPS) is 11.8. The summed E-state index contributed by atoms with van der Waals surface area (Å²) in [6.07, 6.45) is 3.63. The second-order valence-corrected chi connectivity index (χ2v) is 8.72. The lowest BCUT2D eigenvalue weighted by molar-refractivity contribution is -0.575. The van der Waals surface area contributed by atoms with Crippen LogP contribution in [0.25, 0.3) is 11.5 Å². The Bertz CT molecular complexity index is 1360. The van der Waals surface area contributed by atoms with E-state index < -0.39 is 0 Å². The molecule has 7 heteroatoms. The van der Waals surface area contributed by atoms with Crippen molar-refractivity contribution in [3.63, 3.8) is 0 Å². The van der Waals surface area contributed by atoms with Gasteiger partial charge in [-0.25, -0.2) is 4.39 Å². The highest BCUT2D eigenvalue weighted by Gasteiger charge is 2.26. The topological polar surface area (TPSA) is 41.1 Å². The Morgan fingerprint density at radius 3 is 2.38 bits per heavy atom. The SMILES string of the molecule is Cc1cc(C(O)=C(C(=S)Nc2ccc(F)cc2)[n+]2ccccc2)c(C)n1Cc1ccccc1Cl. The number of anilines is 1. The third kappa shape index (κ3) is 5.03. The number of hydrogen-bond donors (Lipinski definition) is 2. The third-order valence-electron chi connectivity index (χ3n) is 5.63. The molecule has 0 saturated carbocycles. The van der Waals surface area contributed by atoms with Gasteiger partial charge in [0.2, 0.25) is 5.76 Å². The van der Waals surface area contributed by atoms with Gasteiger partial charge in [0.15, 0.2) is 17.4 Å². The molecule has 2 aromatic heterocycles. The molecule has 2 aromatic carbocycles. The first kappa shape index (κ1) is 23.7. The van der Waals surface area contributed by atoms with Crippen LogP contribution in [-0.4, -0.2) is 14.7 Å². The second-order valence-electron chi connectivity index (χ2n) is 7.90. The summed E-state index contributed by atoms with van der Waals surface area (Å²) < 4.78 is 17.2. The Morgan fingerprint density at radius 2 is 1.71 bits per heavy atom. The highest BCUT2D eigenvalue weighted by atomic mass is 35.5. The van der Waals surface area contributed by atoms with Crippen molar-refractivity contribution in [2.24, 2.45) is 0 Å². The van der Waals surface area contributed by atoms with Crippen molar-refractivity contribution < 1.29 is 14.1 Å². The van der Waals surface area contributed by atoms with E-state index in [0.717, 1.165) is 17.0 Å². The number of aromatic nitrogens is 2. The molecule has 0 saturated heterocycles. The van der Waals surface area contributed by atoms with Crippen molar-refractivity contribution in [3.8, 4) is 0 Å². The predicted molar refractivity (Wildman–Crippen MR) is 139 cm³/mol. The standard InChI is InChI=1S/C27H23ClFN3OS/c1-18-16-23(19(2)32(18)17-20-8-4-5-9-24(20)28)26(33)25(31-14-6-3-7-15-31)27(34)30-22-12-10-21(29)11-13-22/h3-16H,17H2,1-2H3,(H-,30,33,34)/p+1. The fourth-order valence-electron chi connectivity index (χ4n) is 3.83. The second kappa shape index (κ2) is 10.2. The van der Waals surface area contributed by atoms with Crippen LogP contribution in [0.4, 0.5) is 10.1 Å². The first-order valence-corrected chi connectivity index (χ1v) is 11.5. The third-order valence-corrected chi connectivity index (χ3v) is 6.29. The number of halogens is 2. The zero-order valence-electron chi connectivity index (χ0n) is 18.8. The summed E-state index contributed by atoms with van der Waals surface area (Å²) >= 11 is 12.1. The van der Waals surface area contributed by atoms with Crippen LogP contribution < -0.4 is 9.88 Å². The number of aryl methyl sites for hydroxylation is 1. The lowest BCUT2D eigenvalue weighted by Crippen LogP contribution is -2.38. The summed E-state index contributed by atoms with van der Waals surface area (Å²) in [6.45, 7) is 4.53. The molecule has 0 fully saturated rings. The van der Waals surface area contributed by atoms with Gasteiger partial charge in [-0.15, -0.1) is 0 Å².